The Morgan fingerprint density at radius 1 is 1.33 bits per heavy atom. The number of hydrogen-bond donors (Lipinski definition) is 1. The molecule has 0 amide bonds. The van der Waals surface area contributed by atoms with E-state index in [9.17, 15) is 0 Å². The van der Waals surface area contributed by atoms with E-state index < -0.39 is 0 Å². The number of rotatable bonds is 5. The summed E-state index contributed by atoms with van der Waals surface area (Å²) in [6.45, 7) is 1.65. The molecule has 1 aromatic carbocycles. The molecule has 3 rings (SSSR count). The number of aromatic nitrogens is 2. The Morgan fingerprint density at radius 2 is 2.29 bits per heavy atom. The number of hydrogen-bond acceptors (Lipinski definition) is 6. The third-order valence-corrected chi connectivity index (χ3v) is 3.44. The van der Waals surface area contributed by atoms with Crippen molar-refractivity contribution in [2.45, 2.75) is 32.0 Å². The van der Waals surface area contributed by atoms with Gasteiger partial charge in [0, 0.05) is 6.61 Å². The van der Waals surface area contributed by atoms with Crippen molar-refractivity contribution in [2.75, 3.05) is 13.2 Å². The van der Waals surface area contributed by atoms with Crippen LogP contribution in [0.1, 0.15) is 36.1 Å². The van der Waals surface area contributed by atoms with Crippen molar-refractivity contribution in [3.05, 3.63) is 41.6 Å². The van der Waals surface area contributed by atoms with Crippen molar-refractivity contribution >= 4 is 0 Å². The van der Waals surface area contributed by atoms with Gasteiger partial charge in [-0.15, -0.1) is 10.2 Å². The Labute approximate surface area is 122 Å². The highest BCUT2D eigenvalue weighted by atomic mass is 16.5. The van der Waals surface area contributed by atoms with E-state index in [1.165, 1.54) is 0 Å². The van der Waals surface area contributed by atoms with Gasteiger partial charge in [-0.05, 0) is 30.5 Å². The molecular weight excluding hydrogens is 272 g/mol. The maximum atomic E-state index is 9.09. The van der Waals surface area contributed by atoms with E-state index in [2.05, 4.69) is 10.2 Å². The Morgan fingerprint density at radius 3 is 3.10 bits per heavy atom. The van der Waals surface area contributed by atoms with E-state index in [0.29, 0.717) is 24.1 Å². The number of nitrogens with zero attached hydrogens (tertiary/aromatic N) is 2. The second kappa shape index (κ2) is 6.69. The maximum absolute atomic E-state index is 9.09. The molecular formula is C15H18N2O4. The summed E-state index contributed by atoms with van der Waals surface area (Å²) in [4.78, 5) is 0. The van der Waals surface area contributed by atoms with Gasteiger partial charge in [-0.25, -0.2) is 0 Å². The zero-order valence-electron chi connectivity index (χ0n) is 11.7. The molecule has 1 saturated heterocycles. The Bertz CT molecular complexity index is 579. The first kappa shape index (κ1) is 14.0. The molecule has 0 radical (unpaired) electrons. The van der Waals surface area contributed by atoms with Gasteiger partial charge in [0.1, 0.15) is 5.75 Å². The third-order valence-electron chi connectivity index (χ3n) is 3.44. The second-order valence-corrected chi connectivity index (χ2v) is 5.04. The van der Waals surface area contributed by atoms with Crippen LogP contribution in [0.15, 0.2) is 28.7 Å². The molecule has 1 fully saturated rings. The first-order valence-corrected chi connectivity index (χ1v) is 7.08. The van der Waals surface area contributed by atoms with Gasteiger partial charge in [0.15, 0.2) is 6.61 Å². The summed E-state index contributed by atoms with van der Waals surface area (Å²) in [5, 5.41) is 17.2. The summed E-state index contributed by atoms with van der Waals surface area (Å²) < 4.78 is 16.6. The molecule has 1 unspecified atom stereocenters. The van der Waals surface area contributed by atoms with E-state index in [1.54, 1.807) is 6.07 Å². The molecule has 6 heteroatoms. The van der Waals surface area contributed by atoms with Gasteiger partial charge in [-0.3, -0.25) is 0 Å². The summed E-state index contributed by atoms with van der Waals surface area (Å²) >= 11 is 0. The first-order valence-electron chi connectivity index (χ1n) is 7.08. The molecule has 1 N–H and O–H groups in total. The lowest BCUT2D eigenvalue weighted by atomic mass is 10.0. The van der Waals surface area contributed by atoms with E-state index in [-0.39, 0.29) is 19.1 Å². The van der Waals surface area contributed by atoms with E-state index >= 15 is 0 Å². The lowest BCUT2D eigenvalue weighted by molar-refractivity contribution is 0.0717. The van der Waals surface area contributed by atoms with Crippen LogP contribution in [0, 0.1) is 0 Å². The Kier molecular flexibility index (Phi) is 4.47. The summed E-state index contributed by atoms with van der Waals surface area (Å²) in [6, 6.07) is 7.28. The SMILES string of the molecule is OCc1cccc(OCc2nnc(C3CCCOC3)o2)c1. The summed E-state index contributed by atoms with van der Waals surface area (Å²) in [6.07, 6.45) is 2.04. The van der Waals surface area contributed by atoms with Crippen molar-refractivity contribution < 1.29 is 19.0 Å². The van der Waals surface area contributed by atoms with Crippen molar-refractivity contribution in [3.63, 3.8) is 0 Å². The van der Waals surface area contributed by atoms with Crippen molar-refractivity contribution in [2.24, 2.45) is 0 Å². The maximum Gasteiger partial charge on any atom is 0.253 e. The van der Waals surface area contributed by atoms with Crippen LogP contribution in [0.5, 0.6) is 5.75 Å². The number of aliphatic hydroxyl groups is 1. The summed E-state index contributed by atoms with van der Waals surface area (Å²) in [5.41, 5.74) is 0.804. The van der Waals surface area contributed by atoms with E-state index in [4.69, 9.17) is 19.0 Å². The molecule has 6 nitrogen and oxygen atoms in total. The van der Waals surface area contributed by atoms with Crippen LogP contribution < -0.4 is 4.74 Å². The Balaban J connectivity index is 1.59. The number of benzene rings is 1. The molecule has 1 atom stereocenters. The van der Waals surface area contributed by atoms with Crippen LogP contribution in [0.2, 0.25) is 0 Å². The fraction of sp³-hybridized carbons (Fsp3) is 0.467. The molecule has 21 heavy (non-hydrogen) atoms. The zero-order valence-corrected chi connectivity index (χ0v) is 11.7. The number of aliphatic hydroxyl groups excluding tert-OH is 1. The van der Waals surface area contributed by atoms with E-state index in [1.807, 2.05) is 18.2 Å². The summed E-state index contributed by atoms with van der Waals surface area (Å²) in [5.74, 6) is 1.93. The van der Waals surface area contributed by atoms with Gasteiger partial charge in [0.2, 0.25) is 5.89 Å². The molecule has 0 aliphatic carbocycles. The molecule has 2 aromatic rings. The highest BCUT2D eigenvalue weighted by Gasteiger charge is 2.21. The second-order valence-electron chi connectivity index (χ2n) is 5.04. The fourth-order valence-corrected chi connectivity index (χ4v) is 2.30. The minimum absolute atomic E-state index is 0.0103. The van der Waals surface area contributed by atoms with Gasteiger partial charge in [-0.1, -0.05) is 12.1 Å². The average molecular weight is 290 g/mol. The normalized spacial score (nSPS) is 18.6. The molecule has 1 aliphatic rings. The van der Waals surface area contributed by atoms with Crippen LogP contribution in [-0.2, 0) is 18.0 Å². The predicted molar refractivity (Wildman–Crippen MR) is 73.8 cm³/mol. The molecule has 1 aliphatic heterocycles. The lowest BCUT2D eigenvalue weighted by Crippen LogP contribution is -2.15. The highest BCUT2D eigenvalue weighted by molar-refractivity contribution is 5.27. The van der Waals surface area contributed by atoms with Crippen LogP contribution in [0.25, 0.3) is 0 Å². The molecule has 1 aromatic heterocycles. The smallest absolute Gasteiger partial charge is 0.253 e. The van der Waals surface area contributed by atoms with Crippen molar-refractivity contribution in [1.29, 1.82) is 0 Å². The zero-order chi connectivity index (χ0) is 14.5. The molecule has 2 heterocycles. The minimum atomic E-state index is -0.0103. The van der Waals surface area contributed by atoms with Crippen LogP contribution in [0.3, 0.4) is 0 Å². The Hall–Kier alpha value is -1.92. The van der Waals surface area contributed by atoms with Crippen LogP contribution in [-0.4, -0.2) is 28.5 Å². The highest BCUT2D eigenvalue weighted by Crippen LogP contribution is 2.24. The van der Waals surface area contributed by atoms with Crippen LogP contribution in [0.4, 0.5) is 0 Å². The third kappa shape index (κ3) is 3.59. The van der Waals surface area contributed by atoms with Gasteiger partial charge in [-0.2, -0.15) is 0 Å². The quantitative estimate of drug-likeness (QED) is 0.908. The largest absolute Gasteiger partial charge is 0.484 e. The number of ether oxygens (including phenoxy) is 2. The first-order chi connectivity index (χ1) is 10.3. The van der Waals surface area contributed by atoms with Crippen molar-refractivity contribution in [1.82, 2.24) is 10.2 Å². The molecule has 0 saturated carbocycles. The monoisotopic (exact) mass is 290 g/mol. The van der Waals surface area contributed by atoms with Gasteiger partial charge >= 0.3 is 0 Å². The fourth-order valence-electron chi connectivity index (χ4n) is 2.30. The van der Waals surface area contributed by atoms with E-state index in [0.717, 1.165) is 25.0 Å². The predicted octanol–water partition coefficient (Wildman–Crippen LogP) is 2.03. The van der Waals surface area contributed by atoms with Crippen LogP contribution >= 0.6 is 0 Å². The van der Waals surface area contributed by atoms with Gasteiger partial charge in [0.05, 0.1) is 19.1 Å². The van der Waals surface area contributed by atoms with Gasteiger partial charge in [0.25, 0.3) is 5.89 Å². The molecule has 0 spiro atoms. The lowest BCUT2D eigenvalue weighted by Gasteiger charge is -2.18. The van der Waals surface area contributed by atoms with Crippen molar-refractivity contribution in [3.8, 4) is 5.75 Å². The van der Waals surface area contributed by atoms with Gasteiger partial charge < -0.3 is 19.0 Å². The minimum Gasteiger partial charge on any atom is -0.484 e. The standard InChI is InChI=1S/C15H18N2O4/c18-8-11-3-1-5-13(7-11)20-10-14-16-17-15(21-14)12-4-2-6-19-9-12/h1,3,5,7,12,18H,2,4,6,8-10H2. The molecule has 0 bridgehead atoms. The topological polar surface area (TPSA) is 77.6 Å². The molecule has 112 valence electrons. The average Bonchev–Trinajstić information content (AvgIpc) is 3.03. The summed E-state index contributed by atoms with van der Waals surface area (Å²) in [7, 11) is 0.